The zero-order valence-electron chi connectivity index (χ0n) is 40.2. The van der Waals surface area contributed by atoms with E-state index in [0.717, 1.165) is 72.5 Å². The second kappa shape index (κ2) is 18.0. The fourth-order valence-corrected chi connectivity index (χ4v) is 10.8. The van der Waals surface area contributed by atoms with Gasteiger partial charge in [0.2, 0.25) is 0 Å². The highest BCUT2D eigenvalue weighted by Crippen LogP contribution is 2.39. The van der Waals surface area contributed by atoms with E-state index in [0.29, 0.717) is 17.5 Å². The lowest BCUT2D eigenvalue weighted by Crippen LogP contribution is -2.00. The average molecular weight is 944 g/mol. The lowest BCUT2D eigenvalue weighted by atomic mass is 10.00. The van der Waals surface area contributed by atoms with Gasteiger partial charge < -0.3 is 9.13 Å². The van der Waals surface area contributed by atoms with Gasteiger partial charge >= 0.3 is 0 Å². The Labute approximate surface area is 428 Å². The van der Waals surface area contributed by atoms with Crippen molar-refractivity contribution in [1.82, 2.24) is 24.1 Å². The van der Waals surface area contributed by atoms with Gasteiger partial charge in [-0.1, -0.05) is 200 Å². The predicted octanol–water partition coefficient (Wildman–Crippen LogP) is 17.7. The minimum absolute atomic E-state index is 0.613. The first-order valence-corrected chi connectivity index (χ1v) is 25.1. The molecule has 0 N–H and O–H groups in total. The molecular formula is C69H45N5. The van der Waals surface area contributed by atoms with Gasteiger partial charge in [-0.3, -0.25) is 0 Å². The lowest BCUT2D eigenvalue weighted by molar-refractivity contribution is 1.07. The molecule has 0 amide bonds. The van der Waals surface area contributed by atoms with Crippen LogP contribution in [0.25, 0.3) is 134 Å². The summed E-state index contributed by atoms with van der Waals surface area (Å²) >= 11 is 0. The van der Waals surface area contributed by atoms with E-state index >= 15 is 0 Å². The Morgan fingerprint density at radius 2 is 0.527 bits per heavy atom. The van der Waals surface area contributed by atoms with Crippen LogP contribution in [0.15, 0.2) is 273 Å². The summed E-state index contributed by atoms with van der Waals surface area (Å²) < 4.78 is 4.77. The number of fused-ring (bicyclic) bond motifs is 6. The van der Waals surface area contributed by atoms with E-state index in [1.807, 2.05) is 12.1 Å². The van der Waals surface area contributed by atoms with Crippen molar-refractivity contribution < 1.29 is 0 Å². The van der Waals surface area contributed by atoms with Crippen LogP contribution in [0.1, 0.15) is 0 Å². The van der Waals surface area contributed by atoms with E-state index in [9.17, 15) is 0 Å². The smallest absolute Gasteiger partial charge is 0.164 e. The van der Waals surface area contributed by atoms with E-state index in [-0.39, 0.29) is 0 Å². The van der Waals surface area contributed by atoms with Crippen molar-refractivity contribution in [1.29, 1.82) is 0 Å². The number of hydrogen-bond donors (Lipinski definition) is 0. The quantitative estimate of drug-likeness (QED) is 0.145. The summed E-state index contributed by atoms with van der Waals surface area (Å²) in [6, 6.07) is 97.1. The Morgan fingerprint density at radius 3 is 1.08 bits per heavy atom. The third-order valence-electron chi connectivity index (χ3n) is 14.4. The summed E-state index contributed by atoms with van der Waals surface area (Å²) in [5.41, 5.74) is 18.8. The molecule has 0 aliphatic rings. The Hall–Kier alpha value is -9.97. The van der Waals surface area contributed by atoms with Crippen LogP contribution < -0.4 is 0 Å². The van der Waals surface area contributed by atoms with Crippen LogP contribution in [0.2, 0.25) is 0 Å². The average Bonchev–Trinajstić information content (AvgIpc) is 4.00. The van der Waals surface area contributed by atoms with Crippen molar-refractivity contribution in [2.45, 2.75) is 0 Å². The van der Waals surface area contributed by atoms with Gasteiger partial charge in [0.15, 0.2) is 17.5 Å². The Kier molecular flexibility index (Phi) is 10.4. The molecule has 5 heteroatoms. The molecule has 0 atom stereocenters. The van der Waals surface area contributed by atoms with Crippen LogP contribution in [0.4, 0.5) is 0 Å². The molecule has 0 spiro atoms. The highest BCUT2D eigenvalue weighted by molar-refractivity contribution is 6.11. The maximum absolute atomic E-state index is 5.21. The van der Waals surface area contributed by atoms with Crippen LogP contribution in [-0.4, -0.2) is 24.1 Å². The molecule has 0 saturated carbocycles. The first-order valence-electron chi connectivity index (χ1n) is 25.1. The Bertz CT molecular complexity index is 4300. The molecule has 0 bridgehead atoms. The number of aromatic nitrogens is 5. The van der Waals surface area contributed by atoms with Crippen molar-refractivity contribution in [2.24, 2.45) is 0 Å². The number of benzene rings is 11. The third-order valence-corrected chi connectivity index (χ3v) is 14.4. The molecule has 5 nitrogen and oxygen atoms in total. The monoisotopic (exact) mass is 943 g/mol. The zero-order valence-corrected chi connectivity index (χ0v) is 40.2. The van der Waals surface area contributed by atoms with Gasteiger partial charge in [-0.15, -0.1) is 0 Å². The molecule has 346 valence electrons. The molecule has 3 aromatic heterocycles. The largest absolute Gasteiger partial charge is 0.309 e. The highest BCUT2D eigenvalue weighted by atomic mass is 15.0. The fraction of sp³-hybridized carbons (Fsp3) is 0. The van der Waals surface area contributed by atoms with E-state index in [4.69, 9.17) is 15.0 Å². The molecule has 14 aromatic rings. The second-order valence-corrected chi connectivity index (χ2v) is 18.8. The summed E-state index contributed by atoms with van der Waals surface area (Å²) in [7, 11) is 0. The normalized spacial score (nSPS) is 11.5. The van der Waals surface area contributed by atoms with Crippen LogP contribution >= 0.6 is 0 Å². The number of hydrogen-bond acceptors (Lipinski definition) is 3. The van der Waals surface area contributed by atoms with Crippen LogP contribution in [0.5, 0.6) is 0 Å². The summed E-state index contributed by atoms with van der Waals surface area (Å²) in [6.45, 7) is 0. The second-order valence-electron chi connectivity index (χ2n) is 18.8. The third kappa shape index (κ3) is 7.63. The van der Waals surface area contributed by atoms with Crippen molar-refractivity contribution in [3.8, 4) is 90.0 Å². The zero-order chi connectivity index (χ0) is 49.0. The predicted molar refractivity (Wildman–Crippen MR) is 307 cm³/mol. The van der Waals surface area contributed by atoms with Gasteiger partial charge in [0.25, 0.3) is 0 Å². The molecule has 0 aliphatic heterocycles. The number of rotatable bonds is 9. The molecule has 0 saturated heterocycles. The summed E-state index contributed by atoms with van der Waals surface area (Å²) in [4.78, 5) is 15.6. The van der Waals surface area contributed by atoms with E-state index in [2.05, 4.69) is 270 Å². The van der Waals surface area contributed by atoms with Gasteiger partial charge in [0.1, 0.15) is 0 Å². The maximum atomic E-state index is 5.21. The topological polar surface area (TPSA) is 48.5 Å². The molecule has 74 heavy (non-hydrogen) atoms. The van der Waals surface area contributed by atoms with Crippen molar-refractivity contribution in [3.63, 3.8) is 0 Å². The summed E-state index contributed by atoms with van der Waals surface area (Å²) in [5.74, 6) is 1.85. The molecule has 0 aliphatic carbocycles. The SMILES string of the molecule is c1ccc(-c2cccc(-c3nc(-c4cccc(-c5ccccc5)c4)nc(-c4cccc(-c5ccc6c(c5)c5ccccc5n6-c5ccc(-c6ccc7c8ccccc8n(-c8ccccc8)c7c6)cc5)c4)n3)c2)cc1. The molecule has 3 heterocycles. The van der Waals surface area contributed by atoms with Gasteiger partial charge in [-0.25, -0.2) is 15.0 Å². The van der Waals surface area contributed by atoms with Crippen molar-refractivity contribution >= 4 is 43.6 Å². The molecular weight excluding hydrogens is 899 g/mol. The van der Waals surface area contributed by atoms with Gasteiger partial charge in [-0.05, 0) is 117 Å². The summed E-state index contributed by atoms with van der Waals surface area (Å²) in [5, 5.41) is 4.89. The van der Waals surface area contributed by atoms with Crippen molar-refractivity contribution in [3.05, 3.63) is 273 Å². The Morgan fingerprint density at radius 1 is 0.189 bits per heavy atom. The van der Waals surface area contributed by atoms with Crippen molar-refractivity contribution in [2.75, 3.05) is 0 Å². The number of para-hydroxylation sites is 3. The fourth-order valence-electron chi connectivity index (χ4n) is 10.8. The molecule has 11 aromatic carbocycles. The lowest BCUT2D eigenvalue weighted by Gasteiger charge is -2.12. The maximum Gasteiger partial charge on any atom is 0.164 e. The minimum Gasteiger partial charge on any atom is -0.309 e. The van der Waals surface area contributed by atoms with E-state index in [1.54, 1.807) is 0 Å². The highest BCUT2D eigenvalue weighted by Gasteiger charge is 2.18. The van der Waals surface area contributed by atoms with Crippen LogP contribution in [0, 0.1) is 0 Å². The van der Waals surface area contributed by atoms with Gasteiger partial charge in [0.05, 0.1) is 22.1 Å². The standard InChI is InChI=1S/C69H45N5/c1-4-17-46(18-5-1)49-21-14-24-54(41-49)67-70-68(55-25-15-22-50(42-55)47-19-6-2-7-20-47)72-69(71-67)56-26-16-23-51(43-56)52-36-40-65-62(44-52)60-30-11-13-32-64(60)73(65)58-37-33-48(34-38-58)53-35-39-61-59-29-10-12-31-63(59)74(66(61)45-53)57-27-8-3-9-28-57/h1-45H. The van der Waals surface area contributed by atoms with E-state index in [1.165, 1.54) is 43.7 Å². The molecule has 0 radical (unpaired) electrons. The van der Waals surface area contributed by atoms with Gasteiger partial charge in [0, 0.05) is 49.6 Å². The van der Waals surface area contributed by atoms with Gasteiger partial charge in [-0.2, -0.15) is 0 Å². The van der Waals surface area contributed by atoms with Crippen LogP contribution in [0.3, 0.4) is 0 Å². The first-order chi connectivity index (χ1) is 36.7. The number of nitrogens with zero attached hydrogens (tertiary/aromatic N) is 5. The minimum atomic E-state index is 0.613. The first kappa shape index (κ1) is 42.9. The summed E-state index contributed by atoms with van der Waals surface area (Å²) in [6.07, 6.45) is 0. The molecule has 0 unspecified atom stereocenters. The van der Waals surface area contributed by atoms with Crippen LogP contribution in [-0.2, 0) is 0 Å². The molecule has 14 rings (SSSR count). The Balaban J connectivity index is 0.835. The molecule has 0 fully saturated rings. The van der Waals surface area contributed by atoms with E-state index < -0.39 is 0 Å².